The van der Waals surface area contributed by atoms with Crippen molar-refractivity contribution in [3.63, 3.8) is 0 Å². The summed E-state index contributed by atoms with van der Waals surface area (Å²) < 4.78 is 0. The highest BCUT2D eigenvalue weighted by molar-refractivity contribution is 5.97. The summed E-state index contributed by atoms with van der Waals surface area (Å²) in [4.78, 5) is 17.9. The predicted octanol–water partition coefficient (Wildman–Crippen LogP) is 4.35. The number of piperidine rings is 1. The Morgan fingerprint density at radius 3 is 2.34 bits per heavy atom. The number of benzene rings is 2. The van der Waals surface area contributed by atoms with E-state index in [1.165, 1.54) is 24.1 Å². The number of nitrogens with one attached hydrogen (secondary N) is 1. The van der Waals surface area contributed by atoms with Crippen molar-refractivity contribution in [2.45, 2.75) is 57.2 Å². The minimum absolute atomic E-state index is 0.310. The Balaban J connectivity index is 1.34. The first-order valence-electron chi connectivity index (χ1n) is 11.2. The van der Waals surface area contributed by atoms with E-state index in [-0.39, 0.29) is 0 Å². The summed E-state index contributed by atoms with van der Waals surface area (Å²) >= 11 is 0. The van der Waals surface area contributed by atoms with Gasteiger partial charge in [-0.2, -0.15) is 0 Å². The van der Waals surface area contributed by atoms with Gasteiger partial charge in [0, 0.05) is 38.1 Å². The molecule has 3 heterocycles. The SMILES string of the molecule is O=C(CC1CC2CCC(C1)N2)N1CCCN(Cc2ccccc2)c2ccccc21. The molecule has 29 heavy (non-hydrogen) atoms. The number of amides is 1. The van der Waals surface area contributed by atoms with Crippen molar-refractivity contribution in [3.8, 4) is 0 Å². The van der Waals surface area contributed by atoms with Crippen LogP contribution in [0.15, 0.2) is 54.6 Å². The molecule has 2 aromatic carbocycles. The summed E-state index contributed by atoms with van der Waals surface area (Å²) in [5.41, 5.74) is 3.59. The van der Waals surface area contributed by atoms with Gasteiger partial charge in [-0.1, -0.05) is 42.5 Å². The third-order valence-corrected chi connectivity index (χ3v) is 6.87. The van der Waals surface area contributed by atoms with Gasteiger partial charge in [-0.15, -0.1) is 0 Å². The van der Waals surface area contributed by atoms with Gasteiger partial charge in [0.05, 0.1) is 11.4 Å². The fourth-order valence-corrected chi connectivity index (χ4v) is 5.55. The van der Waals surface area contributed by atoms with Crippen molar-refractivity contribution in [3.05, 3.63) is 60.2 Å². The number of rotatable bonds is 4. The second-order valence-electron chi connectivity index (χ2n) is 8.97. The first-order chi connectivity index (χ1) is 14.3. The van der Waals surface area contributed by atoms with Crippen molar-refractivity contribution in [1.29, 1.82) is 0 Å². The van der Waals surface area contributed by atoms with Gasteiger partial charge in [-0.25, -0.2) is 0 Å². The van der Waals surface area contributed by atoms with Crippen molar-refractivity contribution in [2.75, 3.05) is 22.9 Å². The van der Waals surface area contributed by atoms with Crippen molar-refractivity contribution in [2.24, 2.45) is 5.92 Å². The van der Waals surface area contributed by atoms with Crippen LogP contribution in [0.5, 0.6) is 0 Å². The maximum Gasteiger partial charge on any atom is 0.227 e. The Labute approximate surface area is 173 Å². The fourth-order valence-electron chi connectivity index (χ4n) is 5.55. The molecule has 0 spiro atoms. The van der Waals surface area contributed by atoms with Gasteiger partial charge in [-0.3, -0.25) is 4.79 Å². The number of carbonyl (C=O) groups excluding carboxylic acids is 1. The first-order valence-corrected chi connectivity index (χ1v) is 11.2. The number of para-hydroxylation sites is 2. The van der Waals surface area contributed by atoms with Crippen LogP contribution in [0.4, 0.5) is 11.4 Å². The number of hydrogen-bond donors (Lipinski definition) is 1. The lowest BCUT2D eigenvalue weighted by Gasteiger charge is -2.31. The zero-order valence-corrected chi connectivity index (χ0v) is 17.1. The van der Waals surface area contributed by atoms with Gasteiger partial charge >= 0.3 is 0 Å². The lowest BCUT2D eigenvalue weighted by molar-refractivity contribution is -0.119. The molecule has 2 fully saturated rings. The number of anilines is 2. The summed E-state index contributed by atoms with van der Waals surface area (Å²) in [6, 6.07) is 20.4. The summed E-state index contributed by atoms with van der Waals surface area (Å²) in [7, 11) is 0. The second-order valence-corrected chi connectivity index (χ2v) is 8.97. The Kier molecular flexibility index (Phi) is 5.28. The maximum absolute atomic E-state index is 13.4. The van der Waals surface area contributed by atoms with Gasteiger partial charge in [-0.05, 0) is 55.7 Å². The molecule has 2 bridgehead atoms. The second kappa shape index (κ2) is 8.19. The third kappa shape index (κ3) is 4.04. The van der Waals surface area contributed by atoms with Crippen molar-refractivity contribution >= 4 is 17.3 Å². The molecule has 4 heteroatoms. The molecule has 0 aliphatic carbocycles. The third-order valence-electron chi connectivity index (χ3n) is 6.87. The molecule has 2 atom stereocenters. The number of hydrogen-bond acceptors (Lipinski definition) is 3. The van der Waals surface area contributed by atoms with Crippen LogP contribution in [0.2, 0.25) is 0 Å². The molecule has 2 saturated heterocycles. The highest BCUT2D eigenvalue weighted by Crippen LogP contribution is 2.36. The van der Waals surface area contributed by atoms with Crippen LogP contribution in [0, 0.1) is 5.92 Å². The van der Waals surface area contributed by atoms with Crippen LogP contribution in [-0.4, -0.2) is 31.1 Å². The summed E-state index contributed by atoms with van der Waals surface area (Å²) in [5.74, 6) is 0.849. The molecule has 5 rings (SSSR count). The molecule has 0 aromatic heterocycles. The number of carbonyl (C=O) groups is 1. The number of nitrogens with zero attached hydrogens (tertiary/aromatic N) is 2. The summed E-state index contributed by atoms with van der Waals surface area (Å²) in [6.07, 6.45) is 6.61. The van der Waals surface area contributed by atoms with Gasteiger partial charge in [0.25, 0.3) is 0 Å². The van der Waals surface area contributed by atoms with E-state index in [9.17, 15) is 4.79 Å². The molecule has 3 aliphatic rings. The maximum atomic E-state index is 13.4. The van der Waals surface area contributed by atoms with E-state index in [1.807, 2.05) is 0 Å². The van der Waals surface area contributed by atoms with E-state index in [2.05, 4.69) is 69.7 Å². The molecule has 2 unspecified atom stereocenters. The lowest BCUT2D eigenvalue weighted by Crippen LogP contribution is -2.40. The van der Waals surface area contributed by atoms with Crippen LogP contribution < -0.4 is 15.1 Å². The smallest absolute Gasteiger partial charge is 0.227 e. The van der Waals surface area contributed by atoms with Gasteiger partial charge in [0.1, 0.15) is 0 Å². The average Bonchev–Trinajstić information content (AvgIpc) is 2.98. The topological polar surface area (TPSA) is 35.6 Å². The lowest BCUT2D eigenvalue weighted by atomic mass is 9.89. The molecule has 0 radical (unpaired) electrons. The standard InChI is InChI=1S/C25H31N3O/c29-25(17-20-15-21-11-12-22(16-20)26-21)28-14-6-13-27(18-19-7-2-1-3-8-19)23-9-4-5-10-24(23)28/h1-5,7-10,20-22,26H,6,11-18H2. The Morgan fingerprint density at radius 2 is 1.59 bits per heavy atom. The molecule has 0 saturated carbocycles. The minimum Gasteiger partial charge on any atom is -0.365 e. The normalized spacial score (nSPS) is 26.1. The summed E-state index contributed by atoms with van der Waals surface area (Å²) in [6.45, 7) is 2.68. The Bertz CT molecular complexity index is 840. The van der Waals surface area contributed by atoms with Gasteiger partial charge in [0.2, 0.25) is 5.91 Å². The Hall–Kier alpha value is -2.33. The van der Waals surface area contributed by atoms with E-state index in [1.54, 1.807) is 0 Å². The molecule has 1 amide bonds. The highest BCUT2D eigenvalue weighted by Gasteiger charge is 2.35. The van der Waals surface area contributed by atoms with E-state index < -0.39 is 0 Å². The first kappa shape index (κ1) is 18.7. The van der Waals surface area contributed by atoms with Crippen LogP contribution in [0.3, 0.4) is 0 Å². The van der Waals surface area contributed by atoms with Crippen molar-refractivity contribution < 1.29 is 4.79 Å². The van der Waals surface area contributed by atoms with Crippen molar-refractivity contribution in [1.82, 2.24) is 5.32 Å². The van der Waals surface area contributed by atoms with E-state index in [0.29, 0.717) is 30.3 Å². The molecule has 2 aromatic rings. The van der Waals surface area contributed by atoms with E-state index in [4.69, 9.17) is 0 Å². The van der Waals surface area contributed by atoms with Gasteiger partial charge < -0.3 is 15.1 Å². The zero-order valence-electron chi connectivity index (χ0n) is 17.1. The monoisotopic (exact) mass is 389 g/mol. The molecule has 152 valence electrons. The van der Waals surface area contributed by atoms with E-state index in [0.717, 1.165) is 44.6 Å². The fraction of sp³-hybridized carbons (Fsp3) is 0.480. The average molecular weight is 390 g/mol. The summed E-state index contributed by atoms with van der Waals surface area (Å²) in [5, 5.41) is 3.70. The largest absolute Gasteiger partial charge is 0.365 e. The number of fused-ring (bicyclic) bond motifs is 3. The predicted molar refractivity (Wildman–Crippen MR) is 118 cm³/mol. The molecule has 4 nitrogen and oxygen atoms in total. The molecule has 1 N–H and O–H groups in total. The molecular weight excluding hydrogens is 358 g/mol. The minimum atomic E-state index is 0.310. The quantitative estimate of drug-likeness (QED) is 0.844. The Morgan fingerprint density at radius 1 is 0.897 bits per heavy atom. The highest BCUT2D eigenvalue weighted by atomic mass is 16.2. The van der Waals surface area contributed by atoms with Crippen LogP contribution in [0.1, 0.15) is 44.1 Å². The van der Waals surface area contributed by atoms with Crippen LogP contribution >= 0.6 is 0 Å². The van der Waals surface area contributed by atoms with Crippen LogP contribution in [0.25, 0.3) is 0 Å². The van der Waals surface area contributed by atoms with Gasteiger partial charge in [0.15, 0.2) is 0 Å². The molecular formula is C25H31N3O. The zero-order chi connectivity index (χ0) is 19.6. The van der Waals surface area contributed by atoms with Crippen LogP contribution in [-0.2, 0) is 11.3 Å². The van der Waals surface area contributed by atoms with E-state index >= 15 is 0 Å². The molecule has 3 aliphatic heterocycles.